The van der Waals surface area contributed by atoms with Crippen LogP contribution in [0.4, 0.5) is 5.69 Å². The van der Waals surface area contributed by atoms with Gasteiger partial charge in [0, 0.05) is 38.8 Å². The first-order valence-electron chi connectivity index (χ1n) is 9.50. The van der Waals surface area contributed by atoms with Gasteiger partial charge in [0.15, 0.2) is 0 Å². The molecule has 0 unspecified atom stereocenters. The highest BCUT2D eigenvalue weighted by atomic mass is 32.1. The Balaban J connectivity index is 1.58. The molecule has 0 aliphatic rings. The zero-order chi connectivity index (χ0) is 20.5. The second-order valence-corrected chi connectivity index (χ2v) is 8.41. The van der Waals surface area contributed by atoms with Crippen LogP contribution in [0.3, 0.4) is 0 Å². The van der Waals surface area contributed by atoms with Gasteiger partial charge in [-0.05, 0) is 42.8 Å². The van der Waals surface area contributed by atoms with Gasteiger partial charge in [-0.2, -0.15) is 5.10 Å². The predicted octanol–water partition coefficient (Wildman–Crippen LogP) is 4.73. The summed E-state index contributed by atoms with van der Waals surface area (Å²) in [6.45, 7) is 2.56. The number of carbonyl (C=O) groups excluding carboxylic acids is 1. The fourth-order valence-electron chi connectivity index (χ4n) is 3.33. The Morgan fingerprint density at radius 2 is 1.72 bits per heavy atom. The number of fused-ring (bicyclic) bond motifs is 1. The number of rotatable bonds is 5. The van der Waals surface area contributed by atoms with Gasteiger partial charge in [-0.3, -0.25) is 4.79 Å². The lowest BCUT2D eigenvalue weighted by molar-refractivity contribution is 0.0790. The lowest BCUT2D eigenvalue weighted by Crippen LogP contribution is -2.25. The maximum Gasteiger partial charge on any atom is 0.264 e. The largest absolute Gasteiger partial charge is 0.378 e. The number of anilines is 1. The first-order valence-corrected chi connectivity index (χ1v) is 10.3. The van der Waals surface area contributed by atoms with Crippen LogP contribution in [0.15, 0.2) is 60.7 Å². The Bertz CT molecular complexity index is 1140. The number of aromatic nitrogens is 2. The smallest absolute Gasteiger partial charge is 0.264 e. The fraction of sp³-hybridized carbons (Fsp3) is 0.217. The van der Waals surface area contributed by atoms with E-state index in [0.29, 0.717) is 6.54 Å². The first-order chi connectivity index (χ1) is 13.9. The summed E-state index contributed by atoms with van der Waals surface area (Å²) in [5.41, 5.74) is 4.19. The zero-order valence-electron chi connectivity index (χ0n) is 17.1. The molecule has 0 spiro atoms. The molecular weight excluding hydrogens is 380 g/mol. The molecule has 2 aromatic heterocycles. The van der Waals surface area contributed by atoms with Crippen molar-refractivity contribution in [2.45, 2.75) is 13.5 Å². The summed E-state index contributed by atoms with van der Waals surface area (Å²) in [7, 11) is 5.89. The Morgan fingerprint density at radius 3 is 2.38 bits per heavy atom. The van der Waals surface area contributed by atoms with E-state index in [1.54, 1.807) is 4.90 Å². The summed E-state index contributed by atoms with van der Waals surface area (Å²) < 4.78 is 1.92. The number of nitrogens with zero attached hydrogens (tertiary/aromatic N) is 4. The summed E-state index contributed by atoms with van der Waals surface area (Å²) in [5, 5.41) is 5.69. The normalized spacial score (nSPS) is 11.0. The summed E-state index contributed by atoms with van der Waals surface area (Å²) >= 11 is 1.50. The minimum Gasteiger partial charge on any atom is -0.378 e. The Kier molecular flexibility index (Phi) is 5.11. The molecule has 4 aromatic rings. The highest BCUT2D eigenvalue weighted by molar-refractivity contribution is 7.20. The minimum absolute atomic E-state index is 0.0295. The summed E-state index contributed by atoms with van der Waals surface area (Å²) in [6, 6.07) is 20.3. The van der Waals surface area contributed by atoms with Gasteiger partial charge in [0.25, 0.3) is 5.91 Å². The highest BCUT2D eigenvalue weighted by Gasteiger charge is 2.19. The van der Waals surface area contributed by atoms with E-state index >= 15 is 0 Å². The molecule has 0 saturated carbocycles. The number of hydrogen-bond donors (Lipinski definition) is 0. The summed E-state index contributed by atoms with van der Waals surface area (Å²) in [5.74, 6) is 0.0295. The van der Waals surface area contributed by atoms with Crippen LogP contribution in [-0.4, -0.2) is 41.7 Å². The van der Waals surface area contributed by atoms with Crippen LogP contribution in [0.2, 0.25) is 0 Å². The van der Waals surface area contributed by atoms with Crippen molar-refractivity contribution < 1.29 is 4.79 Å². The second-order valence-electron chi connectivity index (χ2n) is 7.38. The monoisotopic (exact) mass is 404 g/mol. The molecule has 2 heterocycles. The van der Waals surface area contributed by atoms with Crippen LogP contribution >= 0.6 is 11.3 Å². The van der Waals surface area contributed by atoms with Crippen LogP contribution in [0.25, 0.3) is 15.9 Å². The molecule has 0 aliphatic carbocycles. The topological polar surface area (TPSA) is 41.4 Å². The molecule has 0 fully saturated rings. The summed E-state index contributed by atoms with van der Waals surface area (Å²) in [4.78, 5) is 18.6. The number of amides is 1. The van der Waals surface area contributed by atoms with Crippen LogP contribution in [0.5, 0.6) is 0 Å². The SMILES string of the molecule is Cc1nn(-c2ccccc2)c2sc(C(=O)N(C)Cc3ccc(N(C)C)cc3)cc12. The van der Waals surface area contributed by atoms with E-state index in [1.807, 2.05) is 69.1 Å². The molecule has 29 heavy (non-hydrogen) atoms. The first kappa shape index (κ1) is 19.2. The average Bonchev–Trinajstić information content (AvgIpc) is 3.29. The molecule has 4 rings (SSSR count). The third-order valence-corrected chi connectivity index (χ3v) is 6.07. The fourth-order valence-corrected chi connectivity index (χ4v) is 4.51. The van der Waals surface area contributed by atoms with Crippen molar-refractivity contribution in [1.29, 1.82) is 0 Å². The molecule has 5 nitrogen and oxygen atoms in total. The predicted molar refractivity (Wildman–Crippen MR) is 120 cm³/mol. The van der Waals surface area contributed by atoms with Crippen molar-refractivity contribution in [3.8, 4) is 5.69 Å². The third kappa shape index (κ3) is 3.76. The Hall–Kier alpha value is -3.12. The molecule has 0 N–H and O–H groups in total. The Labute approximate surface area is 174 Å². The quantitative estimate of drug-likeness (QED) is 0.483. The number of hydrogen-bond acceptors (Lipinski definition) is 4. The van der Waals surface area contributed by atoms with E-state index in [4.69, 9.17) is 0 Å². The number of thiophene rings is 1. The van der Waals surface area contributed by atoms with Crippen LogP contribution in [-0.2, 0) is 6.54 Å². The van der Waals surface area contributed by atoms with E-state index in [9.17, 15) is 4.79 Å². The van der Waals surface area contributed by atoms with E-state index in [1.165, 1.54) is 11.3 Å². The summed E-state index contributed by atoms with van der Waals surface area (Å²) in [6.07, 6.45) is 0. The molecule has 0 radical (unpaired) electrons. The van der Waals surface area contributed by atoms with Crippen LogP contribution in [0, 0.1) is 6.92 Å². The molecule has 0 atom stereocenters. The van der Waals surface area contributed by atoms with Crippen molar-refractivity contribution in [3.05, 3.63) is 76.8 Å². The molecule has 1 amide bonds. The molecule has 148 valence electrons. The van der Waals surface area contributed by atoms with Gasteiger partial charge < -0.3 is 9.80 Å². The van der Waals surface area contributed by atoms with Crippen molar-refractivity contribution in [2.75, 3.05) is 26.0 Å². The number of benzene rings is 2. The van der Waals surface area contributed by atoms with Gasteiger partial charge in [-0.15, -0.1) is 11.3 Å². The van der Waals surface area contributed by atoms with Crippen molar-refractivity contribution in [1.82, 2.24) is 14.7 Å². The molecule has 2 aromatic carbocycles. The van der Waals surface area contributed by atoms with E-state index in [2.05, 4.69) is 34.3 Å². The zero-order valence-corrected chi connectivity index (χ0v) is 17.9. The second kappa shape index (κ2) is 7.72. The molecule has 0 aliphatic heterocycles. The van der Waals surface area contributed by atoms with Gasteiger partial charge in [0.05, 0.1) is 16.3 Å². The molecular formula is C23H24N4OS. The standard InChI is InChI=1S/C23H24N4OS/c1-16-20-14-21(29-23(20)27(24-16)19-8-6-5-7-9-19)22(28)26(4)15-17-10-12-18(13-11-17)25(2)3/h5-14H,15H2,1-4H3. The van der Waals surface area contributed by atoms with Gasteiger partial charge in [-0.25, -0.2) is 4.68 Å². The minimum atomic E-state index is 0.0295. The maximum atomic E-state index is 13.0. The van der Waals surface area contributed by atoms with Crippen LogP contribution < -0.4 is 4.90 Å². The molecule has 6 heteroatoms. The maximum absolute atomic E-state index is 13.0. The van der Waals surface area contributed by atoms with Gasteiger partial charge in [0.1, 0.15) is 4.83 Å². The van der Waals surface area contributed by atoms with E-state index in [-0.39, 0.29) is 5.91 Å². The lowest BCUT2D eigenvalue weighted by atomic mass is 10.2. The lowest BCUT2D eigenvalue weighted by Gasteiger charge is -2.17. The average molecular weight is 405 g/mol. The van der Waals surface area contributed by atoms with Gasteiger partial charge in [0.2, 0.25) is 0 Å². The van der Waals surface area contributed by atoms with Crippen molar-refractivity contribution >= 4 is 33.1 Å². The number of aryl methyl sites for hydroxylation is 1. The van der Waals surface area contributed by atoms with Crippen molar-refractivity contribution in [3.63, 3.8) is 0 Å². The van der Waals surface area contributed by atoms with Crippen molar-refractivity contribution in [2.24, 2.45) is 0 Å². The van der Waals surface area contributed by atoms with Gasteiger partial charge >= 0.3 is 0 Å². The highest BCUT2D eigenvalue weighted by Crippen LogP contribution is 2.31. The number of para-hydroxylation sites is 1. The number of carbonyl (C=O) groups is 1. The molecule has 0 bridgehead atoms. The molecule has 0 saturated heterocycles. The van der Waals surface area contributed by atoms with E-state index in [0.717, 1.165) is 37.7 Å². The van der Waals surface area contributed by atoms with Gasteiger partial charge in [-0.1, -0.05) is 30.3 Å². The van der Waals surface area contributed by atoms with E-state index < -0.39 is 0 Å². The third-order valence-electron chi connectivity index (χ3n) is 4.98. The van der Waals surface area contributed by atoms with Crippen LogP contribution in [0.1, 0.15) is 20.9 Å². The Morgan fingerprint density at radius 1 is 1.03 bits per heavy atom.